The Balaban J connectivity index is 1.16. The van der Waals surface area contributed by atoms with Crippen molar-refractivity contribution in [1.82, 2.24) is 9.80 Å². The van der Waals surface area contributed by atoms with Gasteiger partial charge in [0.05, 0.1) is 0 Å². The second-order valence-corrected chi connectivity index (χ2v) is 9.75. The summed E-state index contributed by atoms with van der Waals surface area (Å²) in [5.41, 5.74) is 2.05. The third kappa shape index (κ3) is 5.00. The number of benzene rings is 1. The van der Waals surface area contributed by atoms with Gasteiger partial charge in [-0.2, -0.15) is 11.3 Å². The van der Waals surface area contributed by atoms with Gasteiger partial charge in [0, 0.05) is 37.8 Å². The minimum Gasteiger partial charge on any atom is -0.443 e. The van der Waals surface area contributed by atoms with Crippen molar-refractivity contribution in [3.8, 4) is 11.8 Å². The number of nitrogens with zero attached hydrogens (tertiary/aromatic N) is 2. The highest BCUT2D eigenvalue weighted by molar-refractivity contribution is 7.08. The van der Waals surface area contributed by atoms with E-state index in [-0.39, 0.29) is 17.2 Å². The average molecular weight is 471 g/mol. The summed E-state index contributed by atoms with van der Waals surface area (Å²) >= 11 is 1.62. The lowest BCUT2D eigenvalue weighted by atomic mass is 9.78. The fourth-order valence-corrected chi connectivity index (χ4v) is 5.32. The molecule has 0 bridgehead atoms. The Bertz CT molecular complexity index is 1240. The number of carbonyl (C=O) groups excluding carboxylic acids is 2. The van der Waals surface area contributed by atoms with Crippen LogP contribution in [0.1, 0.15) is 46.7 Å². The molecule has 3 aromatic rings. The van der Waals surface area contributed by atoms with Gasteiger partial charge >= 0.3 is 0 Å². The number of thiophene rings is 1. The van der Waals surface area contributed by atoms with Crippen LogP contribution in [0.15, 0.2) is 69.8 Å². The van der Waals surface area contributed by atoms with Crippen LogP contribution in [0.2, 0.25) is 0 Å². The molecule has 2 aliphatic rings. The van der Waals surface area contributed by atoms with Gasteiger partial charge in [-0.25, -0.2) is 0 Å². The molecule has 2 saturated heterocycles. The molecule has 34 heavy (non-hydrogen) atoms. The minimum atomic E-state index is -0.0816. The first-order chi connectivity index (χ1) is 16.6. The van der Waals surface area contributed by atoms with Gasteiger partial charge in [-0.1, -0.05) is 24.1 Å². The largest absolute Gasteiger partial charge is 0.443 e. The van der Waals surface area contributed by atoms with E-state index in [1.54, 1.807) is 29.5 Å². The molecule has 5 rings (SSSR count). The predicted molar refractivity (Wildman–Crippen MR) is 133 cm³/mol. The van der Waals surface area contributed by atoms with Crippen molar-refractivity contribution in [3.63, 3.8) is 0 Å². The van der Waals surface area contributed by atoms with Crippen LogP contribution in [0.4, 0.5) is 0 Å². The second-order valence-electron chi connectivity index (χ2n) is 8.97. The molecule has 6 heteroatoms. The molecule has 0 unspecified atom stereocenters. The van der Waals surface area contributed by atoms with Gasteiger partial charge in [0.2, 0.25) is 5.91 Å². The molecule has 0 aliphatic carbocycles. The summed E-state index contributed by atoms with van der Waals surface area (Å²) in [5, 5.41) is 4.03. The Kier molecular flexibility index (Phi) is 6.37. The van der Waals surface area contributed by atoms with E-state index in [2.05, 4.69) is 11.8 Å². The summed E-state index contributed by atoms with van der Waals surface area (Å²) in [7, 11) is 0. The van der Waals surface area contributed by atoms with E-state index in [1.807, 2.05) is 63.0 Å². The van der Waals surface area contributed by atoms with Crippen molar-refractivity contribution in [2.75, 3.05) is 26.2 Å². The fourth-order valence-electron chi connectivity index (χ4n) is 4.69. The standard InChI is InChI=1S/C28H26N2O3S/c31-26(11-7-23-12-19-34-20-23)29-16-13-28(14-17-29)15-18-30(21-28)27(32)25-10-9-24(33-25)8-6-22-4-2-1-3-5-22/h1-5,7,9-12,19-20H,13-18,21H2. The van der Waals surface area contributed by atoms with Crippen molar-refractivity contribution in [3.05, 3.63) is 88.0 Å². The van der Waals surface area contributed by atoms with Crippen molar-refractivity contribution in [2.24, 2.45) is 5.41 Å². The van der Waals surface area contributed by atoms with Crippen molar-refractivity contribution < 1.29 is 14.0 Å². The zero-order valence-electron chi connectivity index (χ0n) is 18.9. The van der Waals surface area contributed by atoms with Gasteiger partial charge in [-0.3, -0.25) is 9.59 Å². The Hall–Kier alpha value is -3.56. The Morgan fingerprint density at radius 2 is 1.71 bits per heavy atom. The van der Waals surface area contributed by atoms with Gasteiger partial charge in [0.15, 0.2) is 11.5 Å². The lowest BCUT2D eigenvalue weighted by Crippen LogP contribution is -2.44. The smallest absolute Gasteiger partial charge is 0.289 e. The number of likely N-dealkylation sites (tertiary alicyclic amines) is 2. The molecule has 0 saturated carbocycles. The number of amides is 2. The van der Waals surface area contributed by atoms with Crippen LogP contribution in [-0.2, 0) is 4.79 Å². The molecule has 2 fully saturated rings. The molecule has 0 N–H and O–H groups in total. The maximum absolute atomic E-state index is 13.0. The van der Waals surface area contributed by atoms with E-state index in [9.17, 15) is 9.59 Å². The van der Waals surface area contributed by atoms with E-state index < -0.39 is 0 Å². The molecule has 2 aromatic heterocycles. The number of hydrogen-bond donors (Lipinski definition) is 0. The zero-order valence-corrected chi connectivity index (χ0v) is 19.7. The van der Waals surface area contributed by atoms with Crippen LogP contribution in [0, 0.1) is 17.3 Å². The molecule has 1 aromatic carbocycles. The summed E-state index contributed by atoms with van der Waals surface area (Å²) in [6.45, 7) is 2.89. The van der Waals surface area contributed by atoms with Crippen molar-refractivity contribution in [2.45, 2.75) is 19.3 Å². The van der Waals surface area contributed by atoms with Gasteiger partial charge in [0.1, 0.15) is 0 Å². The Morgan fingerprint density at radius 3 is 2.44 bits per heavy atom. The Morgan fingerprint density at radius 1 is 0.941 bits per heavy atom. The molecule has 1 spiro atoms. The van der Waals surface area contributed by atoms with Crippen LogP contribution < -0.4 is 0 Å². The van der Waals surface area contributed by atoms with E-state index in [0.717, 1.165) is 50.0 Å². The lowest BCUT2D eigenvalue weighted by Gasteiger charge is -2.38. The number of carbonyl (C=O) groups is 2. The average Bonchev–Trinajstić information content (AvgIpc) is 3.64. The summed E-state index contributed by atoms with van der Waals surface area (Å²) in [6, 6.07) is 15.2. The summed E-state index contributed by atoms with van der Waals surface area (Å²) in [6.07, 6.45) is 6.34. The summed E-state index contributed by atoms with van der Waals surface area (Å²) in [5.74, 6) is 6.85. The SMILES string of the molecule is O=C(C=Cc1ccsc1)N1CCC2(CC1)CCN(C(=O)c1ccc(C#Cc3ccccc3)o1)C2. The topological polar surface area (TPSA) is 53.8 Å². The third-order valence-corrected chi connectivity index (χ3v) is 7.44. The van der Waals surface area contributed by atoms with Gasteiger partial charge in [-0.15, -0.1) is 0 Å². The molecule has 2 amide bonds. The molecular formula is C28H26N2O3S. The third-order valence-electron chi connectivity index (χ3n) is 6.74. The number of furan rings is 1. The lowest BCUT2D eigenvalue weighted by molar-refractivity contribution is -0.128. The van der Waals surface area contributed by atoms with Crippen molar-refractivity contribution >= 4 is 29.2 Å². The first-order valence-corrected chi connectivity index (χ1v) is 12.5. The molecular weight excluding hydrogens is 444 g/mol. The highest BCUT2D eigenvalue weighted by atomic mass is 32.1. The Labute approximate surface area is 203 Å². The first kappa shape index (κ1) is 22.2. The normalized spacial score (nSPS) is 17.2. The second kappa shape index (κ2) is 9.74. The summed E-state index contributed by atoms with van der Waals surface area (Å²) < 4.78 is 5.74. The fraction of sp³-hybridized carbons (Fsp3) is 0.286. The highest BCUT2D eigenvalue weighted by Gasteiger charge is 2.43. The maximum Gasteiger partial charge on any atom is 0.289 e. The molecule has 4 heterocycles. The quantitative estimate of drug-likeness (QED) is 0.404. The number of hydrogen-bond acceptors (Lipinski definition) is 4. The summed E-state index contributed by atoms with van der Waals surface area (Å²) in [4.78, 5) is 29.4. The van der Waals surface area contributed by atoms with E-state index in [0.29, 0.717) is 18.1 Å². The number of piperidine rings is 1. The van der Waals surface area contributed by atoms with Crippen LogP contribution in [0.25, 0.3) is 6.08 Å². The van der Waals surface area contributed by atoms with Gasteiger partial charge in [0.25, 0.3) is 5.91 Å². The van der Waals surface area contributed by atoms with Crippen molar-refractivity contribution in [1.29, 1.82) is 0 Å². The molecule has 172 valence electrons. The number of rotatable bonds is 3. The van der Waals surface area contributed by atoms with Crippen LogP contribution >= 0.6 is 11.3 Å². The first-order valence-electron chi connectivity index (χ1n) is 11.6. The zero-order chi connectivity index (χ0) is 23.4. The highest BCUT2D eigenvalue weighted by Crippen LogP contribution is 2.41. The van der Waals surface area contributed by atoms with E-state index >= 15 is 0 Å². The maximum atomic E-state index is 13.0. The van der Waals surface area contributed by atoms with Gasteiger partial charge in [-0.05, 0) is 83.3 Å². The van der Waals surface area contributed by atoms with Crippen LogP contribution in [0.5, 0.6) is 0 Å². The van der Waals surface area contributed by atoms with Crippen LogP contribution in [-0.4, -0.2) is 47.8 Å². The predicted octanol–water partition coefficient (Wildman–Crippen LogP) is 4.91. The monoisotopic (exact) mass is 470 g/mol. The van der Waals surface area contributed by atoms with E-state index in [1.165, 1.54) is 0 Å². The minimum absolute atomic E-state index is 0.0618. The van der Waals surface area contributed by atoms with E-state index in [4.69, 9.17) is 4.42 Å². The molecule has 5 nitrogen and oxygen atoms in total. The molecule has 0 atom stereocenters. The molecule has 0 radical (unpaired) electrons. The molecule has 2 aliphatic heterocycles. The van der Waals surface area contributed by atoms with Crippen LogP contribution in [0.3, 0.4) is 0 Å². The van der Waals surface area contributed by atoms with Gasteiger partial charge < -0.3 is 14.2 Å².